The van der Waals surface area contributed by atoms with Crippen LogP contribution in [0.3, 0.4) is 0 Å². The number of halogens is 2. The fourth-order valence-electron chi connectivity index (χ4n) is 1.00. The van der Waals surface area contributed by atoms with Gasteiger partial charge < -0.3 is 4.74 Å². The van der Waals surface area contributed by atoms with Crippen LogP contribution in [0.25, 0.3) is 0 Å². The second kappa shape index (κ2) is 7.34. The first-order valence-electron chi connectivity index (χ1n) is 4.34. The zero-order chi connectivity index (χ0) is 11.1. The van der Waals surface area contributed by atoms with Gasteiger partial charge in [-0.15, -0.1) is 0 Å². The lowest BCUT2D eigenvalue weighted by Crippen LogP contribution is -2.03. The molecule has 15 heavy (non-hydrogen) atoms. The molecule has 0 atom stereocenters. The number of hydrogen-bond donors (Lipinski definition) is 0. The van der Waals surface area contributed by atoms with E-state index in [1.165, 1.54) is 5.56 Å². The largest absolute Gasteiger partial charge is 0.478 e. The minimum Gasteiger partial charge on any atom is -0.478 e. The molecule has 5 heteroatoms. The van der Waals surface area contributed by atoms with E-state index in [1.807, 2.05) is 30.3 Å². The molecular weight excluding hydrogens is 271 g/mol. The van der Waals surface area contributed by atoms with Gasteiger partial charge in [-0.1, -0.05) is 53.5 Å². The first kappa shape index (κ1) is 13.1. The van der Waals surface area contributed by atoms with Crippen molar-refractivity contribution in [3.8, 4) is 0 Å². The number of ether oxygens (including phenoxy) is 1. The predicted octanol–water partition coefficient (Wildman–Crippen LogP) is 4.03. The monoisotopic (exact) mass is 280 g/mol. The van der Waals surface area contributed by atoms with E-state index in [0.717, 1.165) is 18.2 Å². The molecule has 0 spiro atoms. The molecule has 0 radical (unpaired) electrons. The Morgan fingerprint density at radius 3 is 2.60 bits per heavy atom. The van der Waals surface area contributed by atoms with Gasteiger partial charge in [0, 0.05) is 6.42 Å². The van der Waals surface area contributed by atoms with Gasteiger partial charge in [0.15, 0.2) is 4.17 Å². The van der Waals surface area contributed by atoms with Crippen molar-refractivity contribution in [1.29, 1.82) is 0 Å². The molecule has 82 valence electrons. The van der Waals surface area contributed by atoms with E-state index in [4.69, 9.17) is 40.2 Å². The fourth-order valence-corrected chi connectivity index (χ4v) is 2.47. The summed E-state index contributed by atoms with van der Waals surface area (Å²) in [5.74, 6) is 0. The Bertz CT molecular complexity index is 304. The quantitative estimate of drug-likeness (QED) is 0.609. The third-order valence-electron chi connectivity index (χ3n) is 1.64. The summed E-state index contributed by atoms with van der Waals surface area (Å²) in [5, 5.41) is 0. The third kappa shape index (κ3) is 6.25. The smallest absolute Gasteiger partial charge is 0.222 e. The summed E-state index contributed by atoms with van der Waals surface area (Å²) in [6.45, 7) is 0.552. The molecule has 0 saturated heterocycles. The van der Waals surface area contributed by atoms with Gasteiger partial charge >= 0.3 is 0 Å². The molecule has 1 aromatic rings. The Hall–Kier alpha value is 0.0400. The van der Waals surface area contributed by atoms with Crippen LogP contribution in [0.5, 0.6) is 0 Å². The van der Waals surface area contributed by atoms with Crippen LogP contribution in [0.2, 0.25) is 0 Å². The van der Waals surface area contributed by atoms with E-state index in [9.17, 15) is 0 Å². The predicted molar refractivity (Wildman–Crippen MR) is 71.8 cm³/mol. The molecule has 1 nitrogen and oxygen atoms in total. The van der Waals surface area contributed by atoms with Crippen molar-refractivity contribution in [1.82, 2.24) is 0 Å². The molecule has 0 heterocycles. The Labute approximate surface area is 109 Å². The molecule has 0 N–H and O–H groups in total. The lowest BCUT2D eigenvalue weighted by Gasteiger charge is -2.06. The molecule has 0 aliphatic heterocycles. The average Bonchev–Trinajstić information content (AvgIpc) is 2.18. The molecular formula is C10H10Cl2OS2. The summed E-state index contributed by atoms with van der Waals surface area (Å²) in [4.78, 5) is 0. The summed E-state index contributed by atoms with van der Waals surface area (Å²) in [5.41, 5.74) is 1.22. The lowest BCUT2D eigenvalue weighted by atomic mass is 10.2. The van der Waals surface area contributed by atoms with E-state index in [0.29, 0.717) is 11.0 Å². The van der Waals surface area contributed by atoms with Crippen molar-refractivity contribution in [3.05, 3.63) is 35.9 Å². The van der Waals surface area contributed by atoms with Crippen LogP contribution in [0, 0.1) is 0 Å². The van der Waals surface area contributed by atoms with E-state index in [-0.39, 0.29) is 0 Å². The molecule has 1 rings (SSSR count). The maximum atomic E-state index is 5.53. The van der Waals surface area contributed by atoms with Crippen LogP contribution in [-0.4, -0.2) is 15.2 Å². The van der Waals surface area contributed by atoms with Crippen molar-refractivity contribution in [2.75, 3.05) is 6.61 Å². The van der Waals surface area contributed by atoms with Gasteiger partial charge in [0.25, 0.3) is 0 Å². The van der Waals surface area contributed by atoms with Gasteiger partial charge in [0.05, 0.1) is 6.61 Å². The molecule has 0 saturated carbocycles. The fraction of sp³-hybridized carbons (Fsp3) is 0.300. The third-order valence-corrected chi connectivity index (χ3v) is 3.07. The zero-order valence-corrected chi connectivity index (χ0v) is 11.0. The summed E-state index contributed by atoms with van der Waals surface area (Å²) in [6.07, 6.45) is 0.830. The summed E-state index contributed by atoms with van der Waals surface area (Å²) < 4.78 is 5.11. The topological polar surface area (TPSA) is 9.23 Å². The standard InChI is InChI=1S/C10H10Cl2OS2/c11-9(12)15-10(14)13-7-6-8-4-2-1-3-5-8/h1-5,9H,6-7H2. The molecule has 0 aliphatic rings. The summed E-state index contributed by atoms with van der Waals surface area (Å²) >= 11 is 17.1. The van der Waals surface area contributed by atoms with Crippen LogP contribution in [0.1, 0.15) is 5.56 Å². The number of benzene rings is 1. The Balaban J connectivity index is 2.19. The number of thioether (sulfide) groups is 1. The van der Waals surface area contributed by atoms with Crippen molar-refractivity contribution in [3.63, 3.8) is 0 Å². The van der Waals surface area contributed by atoms with Crippen LogP contribution >= 0.6 is 47.2 Å². The number of hydrogen-bond acceptors (Lipinski definition) is 3. The minimum absolute atomic E-state index is 0.390. The Morgan fingerprint density at radius 2 is 2.00 bits per heavy atom. The summed E-state index contributed by atoms with van der Waals surface area (Å²) in [7, 11) is 0. The van der Waals surface area contributed by atoms with Crippen molar-refractivity contribution >= 4 is 51.6 Å². The van der Waals surface area contributed by atoms with Gasteiger partial charge in [0.1, 0.15) is 0 Å². The van der Waals surface area contributed by atoms with Crippen molar-refractivity contribution in [2.24, 2.45) is 0 Å². The van der Waals surface area contributed by atoms with Gasteiger partial charge in [0.2, 0.25) is 4.38 Å². The number of thiocarbonyl (C=S) groups is 1. The minimum atomic E-state index is -0.561. The maximum Gasteiger partial charge on any atom is 0.222 e. The highest BCUT2D eigenvalue weighted by atomic mass is 35.5. The second-order valence-electron chi connectivity index (χ2n) is 2.71. The highest BCUT2D eigenvalue weighted by molar-refractivity contribution is 8.24. The van der Waals surface area contributed by atoms with Crippen molar-refractivity contribution < 1.29 is 4.74 Å². The van der Waals surface area contributed by atoms with Crippen LogP contribution < -0.4 is 0 Å². The van der Waals surface area contributed by atoms with Gasteiger partial charge in [-0.3, -0.25) is 0 Å². The molecule has 0 amide bonds. The zero-order valence-electron chi connectivity index (χ0n) is 7.86. The van der Waals surface area contributed by atoms with Crippen LogP contribution in [-0.2, 0) is 11.2 Å². The Morgan fingerprint density at radius 1 is 1.33 bits per heavy atom. The van der Waals surface area contributed by atoms with E-state index < -0.39 is 4.17 Å². The van der Waals surface area contributed by atoms with E-state index >= 15 is 0 Å². The van der Waals surface area contributed by atoms with E-state index in [1.54, 1.807) is 0 Å². The first-order valence-corrected chi connectivity index (χ1v) is 6.50. The molecule has 0 aliphatic carbocycles. The highest BCUT2D eigenvalue weighted by Gasteiger charge is 2.05. The molecule has 0 unspecified atom stereocenters. The normalized spacial score (nSPS) is 10.3. The van der Waals surface area contributed by atoms with Crippen LogP contribution in [0.4, 0.5) is 0 Å². The first-order chi connectivity index (χ1) is 7.18. The second-order valence-corrected chi connectivity index (χ2v) is 6.03. The Kier molecular flexibility index (Phi) is 6.41. The van der Waals surface area contributed by atoms with Crippen LogP contribution in [0.15, 0.2) is 30.3 Å². The molecule has 0 fully saturated rings. The molecule has 0 bridgehead atoms. The van der Waals surface area contributed by atoms with E-state index in [2.05, 4.69) is 0 Å². The lowest BCUT2D eigenvalue weighted by molar-refractivity contribution is 0.326. The summed E-state index contributed by atoms with van der Waals surface area (Å²) in [6, 6.07) is 10.1. The average molecular weight is 281 g/mol. The van der Waals surface area contributed by atoms with Gasteiger partial charge in [-0.2, -0.15) is 0 Å². The molecule has 1 aromatic carbocycles. The number of alkyl halides is 2. The van der Waals surface area contributed by atoms with Gasteiger partial charge in [-0.25, -0.2) is 0 Å². The van der Waals surface area contributed by atoms with Gasteiger partial charge in [-0.05, 0) is 29.5 Å². The maximum absolute atomic E-state index is 5.53. The SMILES string of the molecule is S=C(OCCc1ccccc1)SC(Cl)Cl. The number of rotatable bonds is 4. The van der Waals surface area contributed by atoms with Crippen molar-refractivity contribution in [2.45, 2.75) is 10.6 Å². The highest BCUT2D eigenvalue weighted by Crippen LogP contribution is 2.21. The molecule has 0 aromatic heterocycles.